The summed E-state index contributed by atoms with van der Waals surface area (Å²) >= 11 is 0. The zero-order valence-electron chi connectivity index (χ0n) is 17.0. The highest BCUT2D eigenvalue weighted by molar-refractivity contribution is 7.90. The third kappa shape index (κ3) is 5.32. The number of ketones is 1. The Morgan fingerprint density at radius 3 is 2.43 bits per heavy atom. The second-order valence-electron chi connectivity index (χ2n) is 7.42. The molecule has 0 radical (unpaired) electrons. The lowest BCUT2D eigenvalue weighted by molar-refractivity contribution is 0.0474. The quantitative estimate of drug-likeness (QED) is 0.495. The number of hydrogen-bond acceptors (Lipinski definition) is 5. The number of Topliss-reactive ketones (excluding diaryl/α,β-unsaturated/α-hetero) is 1. The minimum Gasteiger partial charge on any atom is -0.454 e. The predicted octanol–water partition coefficient (Wildman–Crippen LogP) is 3.59. The lowest BCUT2D eigenvalue weighted by Gasteiger charge is -2.11. The molecule has 1 aromatic heterocycles. The van der Waals surface area contributed by atoms with E-state index in [1.165, 1.54) is 24.3 Å². The van der Waals surface area contributed by atoms with Crippen LogP contribution in [0.5, 0.6) is 0 Å². The van der Waals surface area contributed by atoms with Crippen LogP contribution in [0.4, 0.5) is 0 Å². The maximum absolute atomic E-state index is 12.5. The van der Waals surface area contributed by atoms with Crippen molar-refractivity contribution in [3.63, 3.8) is 0 Å². The standard InChI is InChI=1S/C21H27NO5S/c1-14(2)9-10-22-15(3)11-19(16(22)4)20(23)13-27-21(24)17-7-6-8-18(12-17)28(5,25)26/h6-8,11-12,14H,9-10,13H2,1-5H3. The number of aryl methyl sites for hydroxylation is 1. The minimum atomic E-state index is -3.43. The largest absolute Gasteiger partial charge is 0.454 e. The van der Waals surface area contributed by atoms with E-state index in [2.05, 4.69) is 18.4 Å². The molecular weight excluding hydrogens is 378 g/mol. The van der Waals surface area contributed by atoms with Crippen molar-refractivity contribution in [1.29, 1.82) is 0 Å². The van der Waals surface area contributed by atoms with Gasteiger partial charge in [-0.05, 0) is 50.5 Å². The number of ether oxygens (including phenoxy) is 1. The van der Waals surface area contributed by atoms with Gasteiger partial charge in [-0.25, -0.2) is 13.2 Å². The highest BCUT2D eigenvalue weighted by atomic mass is 32.2. The van der Waals surface area contributed by atoms with Crippen molar-refractivity contribution in [2.24, 2.45) is 5.92 Å². The first-order valence-electron chi connectivity index (χ1n) is 9.18. The van der Waals surface area contributed by atoms with Crippen LogP contribution in [-0.4, -0.2) is 37.6 Å². The molecule has 0 amide bonds. The van der Waals surface area contributed by atoms with Gasteiger partial charge in [-0.1, -0.05) is 19.9 Å². The van der Waals surface area contributed by atoms with Gasteiger partial charge in [0.25, 0.3) is 0 Å². The van der Waals surface area contributed by atoms with Crippen LogP contribution in [-0.2, 0) is 21.1 Å². The molecule has 0 fully saturated rings. The minimum absolute atomic E-state index is 0.0296. The fraction of sp³-hybridized carbons (Fsp3) is 0.429. The molecule has 0 saturated heterocycles. The first-order valence-corrected chi connectivity index (χ1v) is 11.1. The second kappa shape index (κ2) is 8.73. The summed E-state index contributed by atoms with van der Waals surface area (Å²) in [7, 11) is -3.43. The molecule has 28 heavy (non-hydrogen) atoms. The van der Waals surface area contributed by atoms with Crippen molar-refractivity contribution in [3.8, 4) is 0 Å². The highest BCUT2D eigenvalue weighted by Gasteiger charge is 2.19. The summed E-state index contributed by atoms with van der Waals surface area (Å²) in [6.07, 6.45) is 2.08. The van der Waals surface area contributed by atoms with Crippen LogP contribution < -0.4 is 0 Å². The highest BCUT2D eigenvalue weighted by Crippen LogP contribution is 2.18. The third-order valence-electron chi connectivity index (χ3n) is 4.64. The average Bonchev–Trinajstić information content (AvgIpc) is 2.91. The van der Waals surface area contributed by atoms with Gasteiger partial charge < -0.3 is 9.30 Å². The Balaban J connectivity index is 2.08. The van der Waals surface area contributed by atoms with Crippen LogP contribution in [0.1, 0.15) is 52.4 Å². The van der Waals surface area contributed by atoms with Gasteiger partial charge >= 0.3 is 5.97 Å². The van der Waals surface area contributed by atoms with Gasteiger partial charge in [-0.3, -0.25) is 4.79 Å². The van der Waals surface area contributed by atoms with Gasteiger partial charge in [0.1, 0.15) is 0 Å². The van der Waals surface area contributed by atoms with Crippen molar-refractivity contribution in [3.05, 3.63) is 52.8 Å². The van der Waals surface area contributed by atoms with E-state index < -0.39 is 22.4 Å². The molecular formula is C21H27NO5S. The molecule has 0 aliphatic heterocycles. The SMILES string of the molecule is Cc1cc(C(=O)COC(=O)c2cccc(S(C)(=O)=O)c2)c(C)n1CCC(C)C. The topological polar surface area (TPSA) is 82.4 Å². The van der Waals surface area contributed by atoms with Crippen molar-refractivity contribution < 1.29 is 22.7 Å². The van der Waals surface area contributed by atoms with E-state index in [-0.39, 0.29) is 16.2 Å². The first kappa shape index (κ1) is 21.9. The van der Waals surface area contributed by atoms with Gasteiger partial charge in [0.15, 0.2) is 16.4 Å². The molecule has 0 bridgehead atoms. The summed E-state index contributed by atoms with van der Waals surface area (Å²) in [5.74, 6) is -0.451. The molecule has 152 valence electrons. The van der Waals surface area contributed by atoms with Gasteiger partial charge in [0.2, 0.25) is 5.78 Å². The first-order chi connectivity index (χ1) is 13.0. The molecule has 0 aliphatic rings. The van der Waals surface area contributed by atoms with Crippen LogP contribution in [0.3, 0.4) is 0 Å². The molecule has 0 unspecified atom stereocenters. The summed E-state index contributed by atoms with van der Waals surface area (Å²) in [5, 5.41) is 0. The fourth-order valence-corrected chi connectivity index (χ4v) is 3.63. The molecule has 6 nitrogen and oxygen atoms in total. The number of nitrogens with zero attached hydrogens (tertiary/aromatic N) is 1. The van der Waals surface area contributed by atoms with E-state index in [0.717, 1.165) is 30.6 Å². The molecule has 2 aromatic rings. The summed E-state index contributed by atoms with van der Waals surface area (Å²) in [5.41, 5.74) is 2.49. The van der Waals surface area contributed by atoms with Crippen LogP contribution >= 0.6 is 0 Å². The summed E-state index contributed by atoms with van der Waals surface area (Å²) in [4.78, 5) is 24.8. The van der Waals surface area contributed by atoms with E-state index in [1.54, 1.807) is 0 Å². The van der Waals surface area contributed by atoms with Gasteiger partial charge in [0, 0.05) is 29.8 Å². The van der Waals surface area contributed by atoms with E-state index in [4.69, 9.17) is 4.74 Å². The van der Waals surface area contributed by atoms with E-state index in [0.29, 0.717) is 11.5 Å². The molecule has 0 spiro atoms. The Hall–Kier alpha value is -2.41. The van der Waals surface area contributed by atoms with Crippen LogP contribution in [0.15, 0.2) is 35.2 Å². The predicted molar refractivity (Wildman–Crippen MR) is 108 cm³/mol. The Bertz CT molecular complexity index is 986. The number of carbonyl (C=O) groups excluding carboxylic acids is 2. The van der Waals surface area contributed by atoms with Crippen molar-refractivity contribution in [2.45, 2.75) is 45.6 Å². The number of hydrogen-bond donors (Lipinski definition) is 0. The Labute approximate surface area is 166 Å². The number of rotatable bonds is 8. The van der Waals surface area contributed by atoms with E-state index in [1.807, 2.05) is 19.9 Å². The van der Waals surface area contributed by atoms with Crippen molar-refractivity contribution >= 4 is 21.6 Å². The van der Waals surface area contributed by atoms with Crippen LogP contribution in [0.25, 0.3) is 0 Å². The Morgan fingerprint density at radius 2 is 1.82 bits per heavy atom. The second-order valence-corrected chi connectivity index (χ2v) is 9.43. The molecule has 7 heteroatoms. The van der Waals surface area contributed by atoms with Gasteiger partial charge in [0.05, 0.1) is 10.5 Å². The average molecular weight is 406 g/mol. The molecule has 0 N–H and O–H groups in total. The molecule has 0 atom stereocenters. The van der Waals surface area contributed by atoms with E-state index in [9.17, 15) is 18.0 Å². The lowest BCUT2D eigenvalue weighted by atomic mass is 10.1. The summed E-state index contributed by atoms with van der Waals surface area (Å²) in [6.45, 7) is 8.58. The Kier molecular flexibility index (Phi) is 6.82. The summed E-state index contributed by atoms with van der Waals surface area (Å²) < 4.78 is 30.5. The van der Waals surface area contributed by atoms with Crippen molar-refractivity contribution in [2.75, 3.05) is 12.9 Å². The maximum atomic E-state index is 12.5. The number of benzene rings is 1. The zero-order chi connectivity index (χ0) is 21.1. The van der Waals surface area contributed by atoms with E-state index >= 15 is 0 Å². The smallest absolute Gasteiger partial charge is 0.338 e. The Morgan fingerprint density at radius 1 is 1.14 bits per heavy atom. The number of aromatic nitrogens is 1. The molecule has 1 heterocycles. The van der Waals surface area contributed by atoms with Crippen LogP contribution in [0.2, 0.25) is 0 Å². The molecule has 0 aliphatic carbocycles. The van der Waals surface area contributed by atoms with Crippen molar-refractivity contribution in [1.82, 2.24) is 4.57 Å². The van der Waals surface area contributed by atoms with Gasteiger partial charge in [-0.15, -0.1) is 0 Å². The van der Waals surface area contributed by atoms with Gasteiger partial charge in [-0.2, -0.15) is 0 Å². The number of carbonyl (C=O) groups is 2. The number of esters is 1. The maximum Gasteiger partial charge on any atom is 0.338 e. The third-order valence-corrected chi connectivity index (χ3v) is 5.75. The monoisotopic (exact) mass is 405 g/mol. The zero-order valence-corrected chi connectivity index (χ0v) is 17.8. The summed E-state index contributed by atoms with van der Waals surface area (Å²) in [6, 6.07) is 7.40. The molecule has 1 aromatic carbocycles. The lowest BCUT2D eigenvalue weighted by Crippen LogP contribution is -2.15. The number of sulfone groups is 1. The molecule has 0 saturated carbocycles. The fourth-order valence-electron chi connectivity index (χ4n) is 2.96. The normalized spacial score (nSPS) is 11.6. The van der Waals surface area contributed by atoms with Crippen LogP contribution in [0, 0.1) is 19.8 Å². The molecule has 2 rings (SSSR count).